The maximum Gasteiger partial charge on any atom is 0.234 e. The highest BCUT2D eigenvalue weighted by atomic mass is 79.9. The first kappa shape index (κ1) is 16.1. The van der Waals surface area contributed by atoms with Gasteiger partial charge in [0.15, 0.2) is 0 Å². The minimum atomic E-state index is 0.138. The monoisotopic (exact) mass is 396 g/mol. The highest BCUT2D eigenvalue weighted by Gasteiger charge is 2.51. The second-order valence-corrected chi connectivity index (χ2v) is 10.7. The van der Waals surface area contributed by atoms with E-state index < -0.39 is 0 Å². The summed E-state index contributed by atoms with van der Waals surface area (Å²) in [7, 11) is 2.03. The van der Waals surface area contributed by atoms with Crippen LogP contribution in [0.2, 0.25) is 0 Å². The molecule has 1 aromatic rings. The molecule has 4 aliphatic carbocycles. The molecule has 0 atom stereocenters. The van der Waals surface area contributed by atoms with Gasteiger partial charge in [0.25, 0.3) is 0 Å². The van der Waals surface area contributed by atoms with Gasteiger partial charge in [0.2, 0.25) is 5.91 Å². The third kappa shape index (κ3) is 3.52. The Bertz CT molecular complexity index is 564. The Morgan fingerprint density at radius 1 is 1.26 bits per heavy atom. The zero-order chi connectivity index (χ0) is 16.0. The van der Waals surface area contributed by atoms with Crippen molar-refractivity contribution in [1.29, 1.82) is 0 Å². The topological polar surface area (TPSA) is 32.3 Å². The molecule has 126 valence electrons. The van der Waals surface area contributed by atoms with Gasteiger partial charge >= 0.3 is 0 Å². The molecule has 4 saturated carbocycles. The Kier molecular flexibility index (Phi) is 4.31. The first-order valence-electron chi connectivity index (χ1n) is 8.73. The quantitative estimate of drug-likeness (QED) is 0.814. The molecule has 0 spiro atoms. The summed E-state index contributed by atoms with van der Waals surface area (Å²) in [6.45, 7) is 1.34. The third-order valence-electron chi connectivity index (χ3n) is 5.91. The van der Waals surface area contributed by atoms with Crippen LogP contribution >= 0.6 is 27.3 Å². The van der Waals surface area contributed by atoms with Crippen molar-refractivity contribution in [3.8, 4) is 0 Å². The smallest absolute Gasteiger partial charge is 0.234 e. The Balaban J connectivity index is 1.33. The summed E-state index contributed by atoms with van der Waals surface area (Å²) in [4.78, 5) is 16.0. The van der Waals surface area contributed by atoms with E-state index in [0.717, 1.165) is 28.1 Å². The molecule has 4 bridgehead atoms. The maximum atomic E-state index is 12.6. The van der Waals surface area contributed by atoms with Crippen molar-refractivity contribution in [2.24, 2.45) is 17.8 Å². The van der Waals surface area contributed by atoms with Gasteiger partial charge in [-0.3, -0.25) is 9.69 Å². The summed E-state index contributed by atoms with van der Waals surface area (Å²) in [6.07, 6.45) is 7.94. The van der Waals surface area contributed by atoms with Gasteiger partial charge in [-0.05, 0) is 91.4 Å². The highest BCUT2D eigenvalue weighted by Crippen LogP contribution is 2.55. The van der Waals surface area contributed by atoms with Gasteiger partial charge in [-0.2, -0.15) is 0 Å². The number of halogens is 1. The number of nitrogens with zero attached hydrogens (tertiary/aromatic N) is 1. The fraction of sp³-hybridized carbons (Fsp3) is 0.722. The molecule has 1 heterocycles. The molecular formula is C18H25BrN2OS. The number of hydrogen-bond acceptors (Lipinski definition) is 3. The first-order valence-corrected chi connectivity index (χ1v) is 10.3. The lowest BCUT2D eigenvalue weighted by Gasteiger charge is -2.57. The summed E-state index contributed by atoms with van der Waals surface area (Å²) in [5.41, 5.74) is 0.138. The zero-order valence-electron chi connectivity index (χ0n) is 13.7. The van der Waals surface area contributed by atoms with Crippen LogP contribution < -0.4 is 5.32 Å². The van der Waals surface area contributed by atoms with E-state index in [1.807, 2.05) is 7.05 Å². The van der Waals surface area contributed by atoms with E-state index in [2.05, 4.69) is 38.3 Å². The Labute approximate surface area is 151 Å². The van der Waals surface area contributed by atoms with E-state index in [4.69, 9.17) is 0 Å². The van der Waals surface area contributed by atoms with Crippen LogP contribution in [0.3, 0.4) is 0 Å². The second-order valence-electron chi connectivity index (χ2n) is 8.12. The molecule has 0 unspecified atom stereocenters. The van der Waals surface area contributed by atoms with E-state index in [9.17, 15) is 4.79 Å². The van der Waals surface area contributed by atoms with Crippen LogP contribution in [0.1, 0.15) is 43.4 Å². The van der Waals surface area contributed by atoms with Crippen molar-refractivity contribution < 1.29 is 4.79 Å². The minimum Gasteiger partial charge on any atom is -0.350 e. The van der Waals surface area contributed by atoms with Crippen LogP contribution in [-0.2, 0) is 11.3 Å². The number of hydrogen-bond donors (Lipinski definition) is 1. The zero-order valence-corrected chi connectivity index (χ0v) is 16.1. The lowest BCUT2D eigenvalue weighted by atomic mass is 9.53. The van der Waals surface area contributed by atoms with Crippen molar-refractivity contribution in [2.45, 2.75) is 50.6 Å². The third-order valence-corrected chi connectivity index (χ3v) is 7.52. The SMILES string of the molecule is CN(CC(=O)NC12CC3CC(CC(C3)C1)C2)Cc1ccc(Br)s1. The Hall–Kier alpha value is -0.390. The van der Waals surface area contributed by atoms with E-state index in [1.54, 1.807) is 11.3 Å². The van der Waals surface area contributed by atoms with Crippen LogP contribution in [0.15, 0.2) is 15.9 Å². The van der Waals surface area contributed by atoms with Crippen LogP contribution in [0, 0.1) is 17.8 Å². The van der Waals surface area contributed by atoms with E-state index >= 15 is 0 Å². The number of carbonyl (C=O) groups is 1. The van der Waals surface area contributed by atoms with Crippen LogP contribution in [0.25, 0.3) is 0 Å². The van der Waals surface area contributed by atoms with Crippen LogP contribution in [0.5, 0.6) is 0 Å². The Morgan fingerprint density at radius 3 is 2.39 bits per heavy atom. The van der Waals surface area contributed by atoms with Gasteiger partial charge in [0.1, 0.15) is 0 Å². The van der Waals surface area contributed by atoms with Crippen molar-refractivity contribution >= 4 is 33.2 Å². The van der Waals surface area contributed by atoms with Gasteiger partial charge in [-0.1, -0.05) is 0 Å². The average molecular weight is 397 g/mol. The molecule has 5 heteroatoms. The number of nitrogens with one attached hydrogen (secondary N) is 1. The molecule has 0 radical (unpaired) electrons. The number of carbonyl (C=O) groups excluding carboxylic acids is 1. The standard InChI is InChI=1S/C18H25BrN2OS/c1-21(10-15-2-3-16(19)23-15)11-17(22)20-18-7-12-4-13(8-18)6-14(5-12)9-18/h2-3,12-14H,4-11H2,1H3,(H,20,22). The van der Waals surface area contributed by atoms with Crippen molar-refractivity contribution in [3.63, 3.8) is 0 Å². The van der Waals surface area contributed by atoms with Gasteiger partial charge in [0.05, 0.1) is 10.3 Å². The Morgan fingerprint density at radius 2 is 1.87 bits per heavy atom. The maximum absolute atomic E-state index is 12.6. The molecule has 1 N–H and O–H groups in total. The van der Waals surface area contributed by atoms with Gasteiger partial charge in [0, 0.05) is 17.0 Å². The highest BCUT2D eigenvalue weighted by molar-refractivity contribution is 9.11. The summed E-state index contributed by atoms with van der Waals surface area (Å²) >= 11 is 5.24. The molecule has 0 saturated heterocycles. The molecule has 0 aromatic carbocycles. The molecule has 3 nitrogen and oxygen atoms in total. The van der Waals surface area contributed by atoms with Crippen molar-refractivity contribution in [1.82, 2.24) is 10.2 Å². The van der Waals surface area contributed by atoms with Gasteiger partial charge in [-0.15, -0.1) is 11.3 Å². The number of thiophene rings is 1. The summed E-state index contributed by atoms with van der Waals surface area (Å²) < 4.78 is 1.15. The largest absolute Gasteiger partial charge is 0.350 e. The predicted molar refractivity (Wildman–Crippen MR) is 97.4 cm³/mol. The average Bonchev–Trinajstić information content (AvgIpc) is 2.81. The molecule has 4 fully saturated rings. The lowest BCUT2D eigenvalue weighted by molar-refractivity contribution is -0.127. The molecule has 0 aliphatic heterocycles. The molecule has 1 aromatic heterocycles. The van der Waals surface area contributed by atoms with E-state index in [-0.39, 0.29) is 11.4 Å². The van der Waals surface area contributed by atoms with Crippen molar-refractivity contribution in [3.05, 3.63) is 20.8 Å². The normalized spacial score (nSPS) is 35.0. The van der Waals surface area contributed by atoms with Gasteiger partial charge in [-0.25, -0.2) is 0 Å². The molecule has 4 aliphatic rings. The van der Waals surface area contributed by atoms with Crippen LogP contribution in [0.4, 0.5) is 0 Å². The number of rotatable bonds is 5. The second kappa shape index (κ2) is 6.16. The number of amides is 1. The summed E-state index contributed by atoms with van der Waals surface area (Å²) in [5, 5.41) is 3.46. The fourth-order valence-electron chi connectivity index (χ4n) is 5.60. The van der Waals surface area contributed by atoms with Crippen LogP contribution in [-0.4, -0.2) is 29.9 Å². The molecule has 5 rings (SSSR count). The molecular weight excluding hydrogens is 372 g/mol. The van der Waals surface area contributed by atoms with E-state index in [0.29, 0.717) is 6.54 Å². The van der Waals surface area contributed by atoms with E-state index in [1.165, 1.54) is 43.4 Å². The molecule has 23 heavy (non-hydrogen) atoms. The predicted octanol–water partition coefficient (Wildman–Crippen LogP) is 4.03. The summed E-state index contributed by atoms with van der Waals surface area (Å²) in [6, 6.07) is 4.20. The molecule has 1 amide bonds. The van der Waals surface area contributed by atoms with Crippen molar-refractivity contribution in [2.75, 3.05) is 13.6 Å². The lowest BCUT2D eigenvalue weighted by Crippen LogP contribution is -2.60. The minimum absolute atomic E-state index is 0.138. The van der Waals surface area contributed by atoms with Gasteiger partial charge < -0.3 is 5.32 Å². The first-order chi connectivity index (χ1) is 11.0. The fourth-order valence-corrected chi connectivity index (χ4v) is 7.17. The number of likely N-dealkylation sites (N-methyl/N-ethyl adjacent to an activating group) is 1. The summed E-state index contributed by atoms with van der Waals surface area (Å²) in [5.74, 6) is 2.85.